The van der Waals surface area contributed by atoms with Crippen LogP contribution in [0.4, 0.5) is 0 Å². The van der Waals surface area contributed by atoms with E-state index in [0.717, 1.165) is 10.8 Å². The average Bonchev–Trinajstić information content (AvgIpc) is 2.04. The number of hydrogen-bond donors (Lipinski definition) is 1. The Labute approximate surface area is 91.4 Å². The minimum Gasteiger partial charge on any atom is -0.290 e. The molecule has 0 bridgehead atoms. The first-order valence-corrected chi connectivity index (χ1v) is 5.02. The van der Waals surface area contributed by atoms with Crippen molar-refractivity contribution in [3.8, 4) is 0 Å². The van der Waals surface area contributed by atoms with E-state index in [1.807, 2.05) is 31.2 Å². The molecule has 0 heterocycles. The molecule has 1 aromatic carbocycles. The maximum atomic E-state index is 8.85. The fourth-order valence-corrected chi connectivity index (χ4v) is 1.38. The maximum Gasteiger partial charge on any atom is 0.104 e. The predicted octanol–water partition coefficient (Wildman–Crippen LogP) is 2.60. The molecule has 0 radical (unpaired) electrons. The molecule has 0 aliphatic rings. The largest absolute Gasteiger partial charge is 0.290 e. The Morgan fingerprint density at radius 2 is 1.92 bits per heavy atom. The quantitative estimate of drug-likeness (QED) is 0.687. The van der Waals surface area contributed by atoms with Gasteiger partial charge in [-0.25, -0.2) is 0 Å². The first kappa shape index (κ1) is 10.9. The molecule has 0 aliphatic heterocycles. The van der Waals surface area contributed by atoms with Crippen LogP contribution in [-0.4, -0.2) is 17.5 Å². The van der Waals surface area contributed by atoms with Crippen molar-refractivity contribution in [1.82, 2.24) is 5.23 Å². The maximum absolute atomic E-state index is 8.85. The highest BCUT2D eigenvalue weighted by Crippen LogP contribution is 2.18. The molecule has 1 atom stereocenters. The summed E-state index contributed by atoms with van der Waals surface area (Å²) in [6.45, 7) is 1.88. The number of benzene rings is 1. The van der Waals surface area contributed by atoms with Crippen molar-refractivity contribution in [3.63, 3.8) is 0 Å². The van der Waals surface area contributed by atoms with Gasteiger partial charge in [-0.1, -0.05) is 17.4 Å². The van der Waals surface area contributed by atoms with Crippen LogP contribution in [0.25, 0.3) is 0 Å². The fraction of sp³-hybridized carbons (Fsp3) is 0.333. The summed E-state index contributed by atoms with van der Waals surface area (Å²) in [5.74, 6) is 0. The van der Waals surface area contributed by atoms with Gasteiger partial charge in [-0.2, -0.15) is 0 Å². The van der Waals surface area contributed by atoms with E-state index < -0.39 is 0 Å². The smallest absolute Gasteiger partial charge is 0.104 e. The molecule has 1 aromatic rings. The zero-order valence-corrected chi connectivity index (χ0v) is 9.72. The Bertz CT molecular complexity index is 261. The van der Waals surface area contributed by atoms with E-state index in [9.17, 15) is 0 Å². The van der Waals surface area contributed by atoms with Crippen molar-refractivity contribution < 1.29 is 10.0 Å². The average molecular weight is 293 g/mol. The van der Waals surface area contributed by atoms with Crippen LogP contribution in [0.3, 0.4) is 0 Å². The fourth-order valence-electron chi connectivity index (χ4n) is 1.02. The van der Waals surface area contributed by atoms with Crippen molar-refractivity contribution in [1.29, 1.82) is 0 Å². The topological polar surface area (TPSA) is 32.7 Å². The van der Waals surface area contributed by atoms with Crippen LogP contribution in [0.2, 0.25) is 0 Å². The number of nitrogens with zero attached hydrogens (tertiary/aromatic N) is 1. The van der Waals surface area contributed by atoms with Crippen LogP contribution in [0, 0.1) is 3.57 Å². The third-order valence-electron chi connectivity index (χ3n) is 1.65. The second-order valence-corrected chi connectivity index (χ2v) is 4.01. The van der Waals surface area contributed by atoms with Crippen LogP contribution in [-0.2, 0) is 4.84 Å². The minimum absolute atomic E-state index is 0.132. The van der Waals surface area contributed by atoms with Gasteiger partial charge in [0.2, 0.25) is 0 Å². The molecule has 0 saturated heterocycles. The molecule has 0 spiro atoms. The normalized spacial score (nSPS) is 13.3. The highest BCUT2D eigenvalue weighted by Gasteiger charge is 2.07. The molecule has 1 unspecified atom stereocenters. The molecule has 1 rings (SSSR count). The van der Waals surface area contributed by atoms with E-state index in [-0.39, 0.29) is 6.10 Å². The molecule has 3 nitrogen and oxygen atoms in total. The van der Waals surface area contributed by atoms with Crippen LogP contribution in [0.15, 0.2) is 24.3 Å². The molecule has 0 amide bonds. The predicted molar refractivity (Wildman–Crippen MR) is 58.2 cm³/mol. The van der Waals surface area contributed by atoms with Gasteiger partial charge in [-0.3, -0.25) is 10.0 Å². The van der Waals surface area contributed by atoms with Gasteiger partial charge in [0.25, 0.3) is 0 Å². The lowest BCUT2D eigenvalue weighted by Crippen LogP contribution is -2.16. The second-order valence-electron chi connectivity index (χ2n) is 2.76. The van der Waals surface area contributed by atoms with Crippen LogP contribution in [0.1, 0.15) is 18.6 Å². The van der Waals surface area contributed by atoms with E-state index in [2.05, 4.69) is 22.6 Å². The van der Waals surface area contributed by atoms with Crippen LogP contribution < -0.4 is 0 Å². The van der Waals surface area contributed by atoms with Gasteiger partial charge in [0.15, 0.2) is 0 Å². The van der Waals surface area contributed by atoms with Gasteiger partial charge in [0, 0.05) is 10.6 Å². The lowest BCUT2D eigenvalue weighted by molar-refractivity contribution is -0.344. The third kappa shape index (κ3) is 3.60. The van der Waals surface area contributed by atoms with E-state index in [1.54, 1.807) is 0 Å². The summed E-state index contributed by atoms with van der Waals surface area (Å²) < 4.78 is 1.19. The zero-order valence-electron chi connectivity index (χ0n) is 7.57. The molecular weight excluding hydrogens is 281 g/mol. The minimum atomic E-state index is -0.132. The highest BCUT2D eigenvalue weighted by atomic mass is 127. The van der Waals surface area contributed by atoms with Gasteiger partial charge >= 0.3 is 0 Å². The Hall–Kier alpha value is -0.170. The van der Waals surface area contributed by atoms with Crippen molar-refractivity contribution >= 4 is 22.6 Å². The zero-order chi connectivity index (χ0) is 9.84. The van der Waals surface area contributed by atoms with Crippen molar-refractivity contribution in [2.75, 3.05) is 7.05 Å². The van der Waals surface area contributed by atoms with Gasteiger partial charge in [-0.05, 0) is 47.2 Å². The summed E-state index contributed by atoms with van der Waals surface area (Å²) in [7, 11) is 1.45. The van der Waals surface area contributed by atoms with Gasteiger partial charge < -0.3 is 0 Å². The molecular formula is C9H12INO2. The highest BCUT2D eigenvalue weighted by molar-refractivity contribution is 14.1. The summed E-state index contributed by atoms with van der Waals surface area (Å²) in [5.41, 5.74) is 1.04. The summed E-state index contributed by atoms with van der Waals surface area (Å²) in [6.07, 6.45) is -0.132. The van der Waals surface area contributed by atoms with Gasteiger partial charge in [0.05, 0.1) is 0 Å². The van der Waals surface area contributed by atoms with Crippen LogP contribution in [0.5, 0.6) is 0 Å². The molecule has 0 fully saturated rings. The van der Waals surface area contributed by atoms with Crippen molar-refractivity contribution in [2.24, 2.45) is 0 Å². The van der Waals surface area contributed by atoms with E-state index in [0.29, 0.717) is 0 Å². The first-order valence-electron chi connectivity index (χ1n) is 3.94. The number of hydrogen-bond acceptors (Lipinski definition) is 3. The first-order chi connectivity index (χ1) is 6.09. The number of hydroxylamine groups is 2. The number of halogens is 1. The third-order valence-corrected chi connectivity index (χ3v) is 2.37. The number of rotatable bonds is 3. The monoisotopic (exact) mass is 293 g/mol. The van der Waals surface area contributed by atoms with E-state index >= 15 is 0 Å². The SMILES string of the molecule is CC(ON(C)O)c1ccc(I)cc1. The lowest BCUT2D eigenvalue weighted by atomic mass is 10.1. The summed E-state index contributed by atoms with van der Waals surface area (Å²) >= 11 is 2.24. The lowest BCUT2D eigenvalue weighted by Gasteiger charge is -2.16. The van der Waals surface area contributed by atoms with E-state index in [4.69, 9.17) is 10.0 Å². The molecule has 72 valence electrons. The standard InChI is InChI=1S/C9H12INO2/c1-7(13-11(2)12)8-3-5-9(10)6-4-8/h3-7,12H,1-2H3. The summed E-state index contributed by atoms with van der Waals surface area (Å²) in [4.78, 5) is 5.06. The Kier molecular flexibility index (Phi) is 4.11. The molecule has 0 saturated carbocycles. The Balaban J connectivity index is 2.66. The molecule has 13 heavy (non-hydrogen) atoms. The van der Waals surface area contributed by atoms with Crippen molar-refractivity contribution in [3.05, 3.63) is 33.4 Å². The molecule has 0 aliphatic carbocycles. The summed E-state index contributed by atoms with van der Waals surface area (Å²) in [5, 5.41) is 9.57. The van der Waals surface area contributed by atoms with Crippen molar-refractivity contribution in [2.45, 2.75) is 13.0 Å². The van der Waals surface area contributed by atoms with Gasteiger partial charge in [0.1, 0.15) is 6.10 Å². The second kappa shape index (κ2) is 4.90. The van der Waals surface area contributed by atoms with Crippen LogP contribution >= 0.6 is 22.6 Å². The molecule has 1 N–H and O–H groups in total. The summed E-state index contributed by atoms with van der Waals surface area (Å²) in [6, 6.07) is 7.98. The van der Waals surface area contributed by atoms with Gasteiger partial charge in [-0.15, -0.1) is 0 Å². The Morgan fingerprint density at radius 1 is 1.38 bits per heavy atom. The van der Waals surface area contributed by atoms with E-state index in [1.165, 1.54) is 10.6 Å². The molecule has 0 aromatic heterocycles. The molecule has 4 heteroatoms. The Morgan fingerprint density at radius 3 is 2.38 bits per heavy atom.